The summed E-state index contributed by atoms with van der Waals surface area (Å²) in [6.45, 7) is 4.28. The van der Waals surface area contributed by atoms with Crippen LogP contribution in [0.5, 0.6) is 0 Å². The molecule has 7 nitrogen and oxygen atoms in total. The van der Waals surface area contributed by atoms with E-state index in [0.29, 0.717) is 23.1 Å². The Morgan fingerprint density at radius 3 is 2.41 bits per heavy atom. The summed E-state index contributed by atoms with van der Waals surface area (Å²) in [4.78, 5) is 44.1. The minimum atomic E-state index is -0.332. The molecule has 0 bridgehead atoms. The normalized spacial score (nSPS) is 10.8. The summed E-state index contributed by atoms with van der Waals surface area (Å²) in [6.07, 6.45) is 1.66. The molecule has 4 aromatic rings. The lowest BCUT2D eigenvalue weighted by atomic mass is 10.1. The molecule has 0 radical (unpaired) electrons. The summed E-state index contributed by atoms with van der Waals surface area (Å²) in [7, 11) is 0. The van der Waals surface area contributed by atoms with Crippen molar-refractivity contribution in [2.45, 2.75) is 26.8 Å². The van der Waals surface area contributed by atoms with Gasteiger partial charge in [-0.05, 0) is 55.3 Å². The van der Waals surface area contributed by atoms with Gasteiger partial charge in [0.05, 0.1) is 23.7 Å². The molecule has 2 amide bonds. The van der Waals surface area contributed by atoms with Crippen LogP contribution in [0.3, 0.4) is 0 Å². The van der Waals surface area contributed by atoms with Crippen molar-refractivity contribution in [3.05, 3.63) is 101 Å². The van der Waals surface area contributed by atoms with Crippen LogP contribution in [0, 0.1) is 6.92 Å². The minimum absolute atomic E-state index is 0.00361. The molecule has 34 heavy (non-hydrogen) atoms. The van der Waals surface area contributed by atoms with Crippen molar-refractivity contribution < 1.29 is 9.59 Å². The number of carbonyl (C=O) groups excluding carboxylic acids is 2. The number of likely N-dealkylation sites (N-methyl/N-ethyl adjacent to an activating group) is 1. The first-order valence-corrected chi connectivity index (χ1v) is 11.1. The van der Waals surface area contributed by atoms with Crippen LogP contribution in [0.1, 0.15) is 18.1 Å². The predicted molar refractivity (Wildman–Crippen MR) is 134 cm³/mol. The number of nitrogens with zero attached hydrogens (tertiary/aromatic N) is 3. The molecule has 1 heterocycles. The third-order valence-electron chi connectivity index (χ3n) is 5.65. The fourth-order valence-electron chi connectivity index (χ4n) is 3.89. The number of hydrogen-bond donors (Lipinski definition) is 1. The second-order valence-corrected chi connectivity index (χ2v) is 8.04. The van der Waals surface area contributed by atoms with Gasteiger partial charge in [0.25, 0.3) is 5.56 Å². The van der Waals surface area contributed by atoms with Gasteiger partial charge in [-0.1, -0.05) is 42.5 Å². The Hall–Kier alpha value is -4.26. The van der Waals surface area contributed by atoms with Gasteiger partial charge in [-0.2, -0.15) is 0 Å². The van der Waals surface area contributed by atoms with Crippen LogP contribution in [0.15, 0.2) is 83.9 Å². The first-order chi connectivity index (χ1) is 16.5. The van der Waals surface area contributed by atoms with Gasteiger partial charge in [-0.15, -0.1) is 0 Å². The van der Waals surface area contributed by atoms with E-state index in [4.69, 9.17) is 0 Å². The second-order valence-electron chi connectivity index (χ2n) is 8.04. The van der Waals surface area contributed by atoms with E-state index in [-0.39, 0.29) is 30.3 Å². The molecular weight excluding hydrogens is 428 g/mol. The molecule has 0 saturated heterocycles. The summed E-state index contributed by atoms with van der Waals surface area (Å²) >= 11 is 0. The quantitative estimate of drug-likeness (QED) is 0.458. The molecule has 4 rings (SSSR count). The van der Waals surface area contributed by atoms with Crippen molar-refractivity contribution in [2.75, 3.05) is 16.8 Å². The smallest absolute Gasteiger partial charge is 0.261 e. The molecule has 0 fully saturated rings. The maximum absolute atomic E-state index is 12.8. The molecule has 1 aromatic heterocycles. The van der Waals surface area contributed by atoms with Gasteiger partial charge in [-0.25, -0.2) is 4.98 Å². The van der Waals surface area contributed by atoms with E-state index < -0.39 is 0 Å². The van der Waals surface area contributed by atoms with Crippen molar-refractivity contribution >= 4 is 34.1 Å². The molecule has 0 saturated carbocycles. The van der Waals surface area contributed by atoms with E-state index >= 15 is 0 Å². The lowest BCUT2D eigenvalue weighted by Crippen LogP contribution is -2.31. The molecule has 0 atom stereocenters. The zero-order chi connectivity index (χ0) is 24.1. The average Bonchev–Trinajstić information content (AvgIpc) is 2.84. The van der Waals surface area contributed by atoms with E-state index in [1.165, 1.54) is 10.9 Å². The highest BCUT2D eigenvalue weighted by Crippen LogP contribution is 2.16. The fraction of sp³-hybridized carbons (Fsp3) is 0.185. The van der Waals surface area contributed by atoms with Crippen molar-refractivity contribution in [2.24, 2.45) is 0 Å². The minimum Gasteiger partial charge on any atom is -0.325 e. The van der Waals surface area contributed by atoms with Gasteiger partial charge in [0.15, 0.2) is 0 Å². The van der Waals surface area contributed by atoms with E-state index in [2.05, 4.69) is 10.3 Å². The number of rotatable bonds is 7. The summed E-state index contributed by atoms with van der Waals surface area (Å²) in [6, 6.07) is 22.1. The molecule has 172 valence electrons. The molecule has 0 unspecified atom stereocenters. The summed E-state index contributed by atoms with van der Waals surface area (Å²) in [5.41, 5.74) is 3.61. The Bertz CT molecular complexity index is 1380. The van der Waals surface area contributed by atoms with Crippen molar-refractivity contribution in [1.82, 2.24) is 9.55 Å². The predicted octanol–water partition coefficient (Wildman–Crippen LogP) is 3.94. The van der Waals surface area contributed by atoms with Crippen molar-refractivity contribution in [3.63, 3.8) is 0 Å². The van der Waals surface area contributed by atoms with Crippen LogP contribution in [0.4, 0.5) is 11.4 Å². The van der Waals surface area contributed by atoms with Crippen LogP contribution in [0.2, 0.25) is 0 Å². The molecule has 0 aliphatic heterocycles. The molecule has 0 aliphatic rings. The third-order valence-corrected chi connectivity index (χ3v) is 5.65. The first-order valence-electron chi connectivity index (χ1n) is 11.1. The van der Waals surface area contributed by atoms with E-state index in [1.807, 2.05) is 62.4 Å². The SMILES string of the molecule is CCN(C(=O)Cc1ccc(NC(=O)Cn2cnc3c(C)cccc3c2=O)cc1)c1ccccc1. The van der Waals surface area contributed by atoms with Gasteiger partial charge in [0, 0.05) is 17.9 Å². The topological polar surface area (TPSA) is 84.3 Å². The monoisotopic (exact) mass is 454 g/mol. The highest BCUT2D eigenvalue weighted by atomic mass is 16.2. The van der Waals surface area contributed by atoms with Gasteiger partial charge < -0.3 is 10.2 Å². The summed E-state index contributed by atoms with van der Waals surface area (Å²) < 4.78 is 1.30. The van der Waals surface area contributed by atoms with Crippen LogP contribution >= 0.6 is 0 Å². The number of aromatic nitrogens is 2. The standard InChI is InChI=1S/C27H26N4O3/c1-3-31(22-9-5-4-6-10-22)25(33)16-20-12-14-21(15-13-20)29-24(32)17-30-18-28-26-19(2)8-7-11-23(26)27(30)34/h4-15,18H,3,16-17H2,1-2H3,(H,29,32). The second kappa shape index (κ2) is 10.1. The van der Waals surface area contributed by atoms with E-state index in [9.17, 15) is 14.4 Å². The van der Waals surface area contributed by atoms with E-state index in [1.54, 1.807) is 29.2 Å². The Labute approximate surface area is 197 Å². The number of aryl methyl sites for hydroxylation is 1. The summed E-state index contributed by atoms with van der Waals surface area (Å²) in [5, 5.41) is 3.28. The number of hydrogen-bond acceptors (Lipinski definition) is 4. The number of benzene rings is 3. The number of anilines is 2. The first kappa shape index (κ1) is 22.9. The van der Waals surface area contributed by atoms with Crippen LogP contribution in [-0.4, -0.2) is 27.9 Å². The zero-order valence-electron chi connectivity index (χ0n) is 19.2. The maximum Gasteiger partial charge on any atom is 0.261 e. The highest BCUT2D eigenvalue weighted by Gasteiger charge is 2.14. The van der Waals surface area contributed by atoms with Gasteiger partial charge in [0.1, 0.15) is 6.54 Å². The number of para-hydroxylation sites is 2. The number of carbonyl (C=O) groups is 2. The van der Waals surface area contributed by atoms with Crippen molar-refractivity contribution in [3.8, 4) is 0 Å². The fourth-order valence-corrected chi connectivity index (χ4v) is 3.89. The molecule has 1 N–H and O–H groups in total. The van der Waals surface area contributed by atoms with Gasteiger partial charge >= 0.3 is 0 Å². The van der Waals surface area contributed by atoms with E-state index in [0.717, 1.165) is 16.8 Å². The van der Waals surface area contributed by atoms with Gasteiger partial charge in [0.2, 0.25) is 11.8 Å². The molecule has 7 heteroatoms. The molecule has 0 spiro atoms. The van der Waals surface area contributed by atoms with Crippen molar-refractivity contribution in [1.29, 1.82) is 0 Å². The van der Waals surface area contributed by atoms with Gasteiger partial charge in [-0.3, -0.25) is 19.0 Å². The maximum atomic E-state index is 12.8. The third kappa shape index (κ3) is 5.04. The number of fused-ring (bicyclic) bond motifs is 1. The molecule has 0 aliphatic carbocycles. The Morgan fingerprint density at radius 2 is 1.71 bits per heavy atom. The lowest BCUT2D eigenvalue weighted by Gasteiger charge is -2.21. The average molecular weight is 455 g/mol. The molecular formula is C27H26N4O3. The Morgan fingerprint density at radius 1 is 0.971 bits per heavy atom. The lowest BCUT2D eigenvalue weighted by molar-refractivity contribution is -0.118. The number of amides is 2. The Balaban J connectivity index is 1.39. The Kier molecular flexibility index (Phi) is 6.82. The van der Waals surface area contributed by atoms with Crippen LogP contribution in [0.25, 0.3) is 10.9 Å². The largest absolute Gasteiger partial charge is 0.325 e. The zero-order valence-corrected chi connectivity index (χ0v) is 19.2. The number of nitrogens with one attached hydrogen (secondary N) is 1. The van der Waals surface area contributed by atoms with Crippen LogP contribution < -0.4 is 15.8 Å². The van der Waals surface area contributed by atoms with Crippen LogP contribution in [-0.2, 0) is 22.6 Å². The summed E-state index contributed by atoms with van der Waals surface area (Å²) in [5.74, 6) is -0.329. The molecule has 3 aromatic carbocycles. The highest BCUT2D eigenvalue weighted by molar-refractivity contribution is 5.95.